The standard InChI is InChI=1S/C16H20O3/c1-3-5-9-14(12-15(17)19-4-2)16(18)13-10-7-6-8-11-13/h6-8,10-12H,3-5,9H2,1-2H3/b14-12+. The van der Waals surface area contributed by atoms with Gasteiger partial charge in [-0.05, 0) is 19.8 Å². The number of unbranched alkanes of at least 4 members (excludes halogenated alkanes) is 1. The summed E-state index contributed by atoms with van der Waals surface area (Å²) in [4.78, 5) is 23.8. The Labute approximate surface area is 114 Å². The lowest BCUT2D eigenvalue weighted by atomic mass is 9.98. The van der Waals surface area contributed by atoms with Gasteiger partial charge in [-0.3, -0.25) is 4.79 Å². The Morgan fingerprint density at radius 2 is 1.84 bits per heavy atom. The molecule has 0 amide bonds. The highest BCUT2D eigenvalue weighted by Gasteiger charge is 2.13. The molecule has 0 atom stereocenters. The number of carbonyl (C=O) groups excluding carboxylic acids is 2. The van der Waals surface area contributed by atoms with Gasteiger partial charge in [-0.15, -0.1) is 0 Å². The van der Waals surface area contributed by atoms with E-state index in [1.807, 2.05) is 18.2 Å². The number of hydrogen-bond acceptors (Lipinski definition) is 3. The van der Waals surface area contributed by atoms with E-state index in [0.29, 0.717) is 24.2 Å². The van der Waals surface area contributed by atoms with Crippen LogP contribution in [0.4, 0.5) is 0 Å². The average molecular weight is 260 g/mol. The van der Waals surface area contributed by atoms with Crippen molar-refractivity contribution in [3.05, 3.63) is 47.5 Å². The number of rotatable bonds is 7. The summed E-state index contributed by atoms with van der Waals surface area (Å²) in [6, 6.07) is 9.00. The van der Waals surface area contributed by atoms with Crippen molar-refractivity contribution >= 4 is 11.8 Å². The number of allylic oxidation sites excluding steroid dienone is 1. The van der Waals surface area contributed by atoms with Crippen molar-refractivity contribution in [1.29, 1.82) is 0 Å². The van der Waals surface area contributed by atoms with E-state index in [0.717, 1.165) is 12.8 Å². The molecule has 102 valence electrons. The Bertz CT molecular complexity index is 446. The molecule has 0 unspecified atom stereocenters. The van der Waals surface area contributed by atoms with Crippen LogP contribution in [0.15, 0.2) is 42.0 Å². The van der Waals surface area contributed by atoms with Crippen LogP contribution in [0.2, 0.25) is 0 Å². The molecule has 0 N–H and O–H groups in total. The van der Waals surface area contributed by atoms with Crippen molar-refractivity contribution < 1.29 is 14.3 Å². The summed E-state index contributed by atoms with van der Waals surface area (Å²) in [5, 5.41) is 0. The molecule has 0 spiro atoms. The number of esters is 1. The quantitative estimate of drug-likeness (QED) is 0.428. The van der Waals surface area contributed by atoms with Crippen LogP contribution in [0, 0.1) is 0 Å². The predicted molar refractivity (Wildman–Crippen MR) is 75.0 cm³/mol. The second-order valence-electron chi connectivity index (χ2n) is 4.22. The lowest BCUT2D eigenvalue weighted by molar-refractivity contribution is -0.137. The minimum atomic E-state index is -0.446. The van der Waals surface area contributed by atoms with Gasteiger partial charge in [0.25, 0.3) is 0 Å². The summed E-state index contributed by atoms with van der Waals surface area (Å²) in [6.45, 7) is 4.11. The van der Waals surface area contributed by atoms with Crippen LogP contribution in [0.5, 0.6) is 0 Å². The number of ketones is 1. The van der Waals surface area contributed by atoms with Crippen LogP contribution in [0.1, 0.15) is 43.5 Å². The molecule has 1 rings (SSSR count). The third-order valence-electron chi connectivity index (χ3n) is 2.71. The van der Waals surface area contributed by atoms with Gasteiger partial charge in [-0.2, -0.15) is 0 Å². The molecule has 3 nitrogen and oxygen atoms in total. The molecule has 0 aliphatic heterocycles. The van der Waals surface area contributed by atoms with Crippen molar-refractivity contribution in [1.82, 2.24) is 0 Å². The van der Waals surface area contributed by atoms with Gasteiger partial charge >= 0.3 is 5.97 Å². The number of ether oxygens (including phenoxy) is 1. The Kier molecular flexibility index (Phi) is 6.58. The molecule has 0 aliphatic carbocycles. The highest BCUT2D eigenvalue weighted by Crippen LogP contribution is 2.15. The third kappa shape index (κ3) is 5.08. The maximum Gasteiger partial charge on any atom is 0.331 e. The highest BCUT2D eigenvalue weighted by molar-refractivity contribution is 6.11. The molecule has 0 saturated heterocycles. The minimum absolute atomic E-state index is 0.0953. The summed E-state index contributed by atoms with van der Waals surface area (Å²) in [5.41, 5.74) is 1.13. The number of hydrogen-bond donors (Lipinski definition) is 0. The van der Waals surface area contributed by atoms with E-state index in [2.05, 4.69) is 6.92 Å². The Balaban J connectivity index is 2.90. The van der Waals surface area contributed by atoms with Crippen molar-refractivity contribution in [3.8, 4) is 0 Å². The molecule has 0 fully saturated rings. The van der Waals surface area contributed by atoms with Gasteiger partial charge in [0, 0.05) is 17.2 Å². The summed E-state index contributed by atoms with van der Waals surface area (Å²) in [7, 11) is 0. The second kappa shape index (κ2) is 8.25. The molecule has 0 aromatic heterocycles. The molecule has 0 bridgehead atoms. The van der Waals surface area contributed by atoms with E-state index >= 15 is 0 Å². The zero-order valence-electron chi connectivity index (χ0n) is 11.5. The highest BCUT2D eigenvalue weighted by atomic mass is 16.5. The number of benzene rings is 1. The lowest BCUT2D eigenvalue weighted by Gasteiger charge is -2.06. The molecule has 0 aliphatic rings. The van der Waals surface area contributed by atoms with Crippen molar-refractivity contribution in [2.45, 2.75) is 33.1 Å². The first-order chi connectivity index (χ1) is 9.19. The van der Waals surface area contributed by atoms with E-state index in [1.54, 1.807) is 19.1 Å². The van der Waals surface area contributed by atoms with Crippen molar-refractivity contribution in [2.24, 2.45) is 0 Å². The minimum Gasteiger partial charge on any atom is -0.463 e. The fraction of sp³-hybridized carbons (Fsp3) is 0.375. The van der Waals surface area contributed by atoms with Gasteiger partial charge in [0.05, 0.1) is 6.61 Å². The Morgan fingerprint density at radius 3 is 2.42 bits per heavy atom. The fourth-order valence-electron chi connectivity index (χ4n) is 1.72. The normalized spacial score (nSPS) is 11.2. The van der Waals surface area contributed by atoms with E-state index in [9.17, 15) is 9.59 Å². The van der Waals surface area contributed by atoms with Crippen LogP contribution < -0.4 is 0 Å². The Hall–Kier alpha value is -1.90. The van der Waals surface area contributed by atoms with E-state index in [4.69, 9.17) is 4.74 Å². The third-order valence-corrected chi connectivity index (χ3v) is 2.71. The summed E-state index contributed by atoms with van der Waals surface area (Å²) in [5.74, 6) is -0.542. The van der Waals surface area contributed by atoms with E-state index < -0.39 is 5.97 Å². The topological polar surface area (TPSA) is 43.4 Å². The molecule has 19 heavy (non-hydrogen) atoms. The van der Waals surface area contributed by atoms with Gasteiger partial charge in [-0.25, -0.2) is 4.79 Å². The molecule has 1 aromatic rings. The number of Topliss-reactive ketones (excluding diaryl/α,β-unsaturated/α-hetero) is 1. The average Bonchev–Trinajstić information content (AvgIpc) is 2.44. The molecular formula is C16H20O3. The summed E-state index contributed by atoms with van der Waals surface area (Å²) < 4.78 is 4.87. The molecule has 1 aromatic carbocycles. The molecular weight excluding hydrogens is 240 g/mol. The largest absolute Gasteiger partial charge is 0.463 e. The first kappa shape index (κ1) is 15.2. The summed E-state index contributed by atoms with van der Waals surface area (Å²) >= 11 is 0. The van der Waals surface area contributed by atoms with Crippen molar-refractivity contribution in [2.75, 3.05) is 6.61 Å². The smallest absolute Gasteiger partial charge is 0.331 e. The van der Waals surface area contributed by atoms with Crippen LogP contribution in [0.3, 0.4) is 0 Å². The summed E-state index contributed by atoms with van der Waals surface area (Å²) in [6.07, 6.45) is 3.78. The SMILES string of the molecule is CCCC/C(=C\C(=O)OCC)C(=O)c1ccccc1. The van der Waals surface area contributed by atoms with E-state index in [1.165, 1.54) is 6.08 Å². The van der Waals surface area contributed by atoms with E-state index in [-0.39, 0.29) is 5.78 Å². The molecule has 3 heteroatoms. The van der Waals surface area contributed by atoms with Crippen LogP contribution in [-0.4, -0.2) is 18.4 Å². The van der Waals surface area contributed by atoms with Crippen molar-refractivity contribution in [3.63, 3.8) is 0 Å². The second-order valence-corrected chi connectivity index (χ2v) is 4.22. The maximum absolute atomic E-state index is 12.3. The molecule has 0 radical (unpaired) electrons. The van der Waals surface area contributed by atoms with Crippen LogP contribution >= 0.6 is 0 Å². The molecule has 0 saturated carbocycles. The molecule has 0 heterocycles. The van der Waals surface area contributed by atoms with Gasteiger partial charge in [0.2, 0.25) is 0 Å². The number of carbonyl (C=O) groups is 2. The van der Waals surface area contributed by atoms with Gasteiger partial charge in [0.15, 0.2) is 5.78 Å². The fourth-order valence-corrected chi connectivity index (χ4v) is 1.72. The first-order valence-electron chi connectivity index (χ1n) is 6.66. The lowest BCUT2D eigenvalue weighted by Crippen LogP contribution is -2.08. The monoisotopic (exact) mass is 260 g/mol. The zero-order valence-corrected chi connectivity index (χ0v) is 11.5. The van der Waals surface area contributed by atoms with Crippen LogP contribution in [-0.2, 0) is 9.53 Å². The van der Waals surface area contributed by atoms with Gasteiger partial charge < -0.3 is 4.74 Å². The van der Waals surface area contributed by atoms with Gasteiger partial charge in [0.1, 0.15) is 0 Å². The predicted octanol–water partition coefficient (Wildman–Crippen LogP) is 3.55. The van der Waals surface area contributed by atoms with Crippen LogP contribution in [0.25, 0.3) is 0 Å². The van der Waals surface area contributed by atoms with Gasteiger partial charge in [-0.1, -0.05) is 43.7 Å². The Morgan fingerprint density at radius 1 is 1.16 bits per heavy atom. The first-order valence-corrected chi connectivity index (χ1v) is 6.66. The zero-order chi connectivity index (χ0) is 14.1. The maximum atomic E-state index is 12.3.